The van der Waals surface area contributed by atoms with Crippen LogP contribution in [-0.2, 0) is 0 Å². The molecular formula is C13H7Cl2F2N3. The zero-order valence-corrected chi connectivity index (χ0v) is 11.4. The van der Waals surface area contributed by atoms with Crippen molar-refractivity contribution in [2.75, 3.05) is 5.73 Å². The molecule has 0 atom stereocenters. The van der Waals surface area contributed by atoms with E-state index in [-0.39, 0.29) is 27.0 Å². The second-order valence-corrected chi connectivity index (χ2v) is 4.89. The van der Waals surface area contributed by atoms with Crippen LogP contribution in [0, 0.1) is 11.6 Å². The molecule has 1 heterocycles. The topological polar surface area (TPSA) is 43.8 Å². The lowest BCUT2D eigenvalue weighted by Gasteiger charge is -2.10. The van der Waals surface area contributed by atoms with Crippen molar-refractivity contribution in [1.82, 2.24) is 9.55 Å². The molecular weight excluding hydrogens is 307 g/mol. The Morgan fingerprint density at radius 1 is 1.10 bits per heavy atom. The highest BCUT2D eigenvalue weighted by Crippen LogP contribution is 2.33. The minimum Gasteiger partial charge on any atom is -0.369 e. The van der Waals surface area contributed by atoms with Crippen LogP contribution in [0.2, 0.25) is 10.0 Å². The van der Waals surface area contributed by atoms with Crippen molar-refractivity contribution in [2.45, 2.75) is 0 Å². The zero-order chi connectivity index (χ0) is 14.4. The lowest BCUT2D eigenvalue weighted by atomic mass is 10.2. The first-order valence-corrected chi connectivity index (χ1v) is 6.32. The molecule has 0 bridgehead atoms. The van der Waals surface area contributed by atoms with Crippen LogP contribution >= 0.6 is 23.2 Å². The number of halogens is 4. The van der Waals surface area contributed by atoms with Crippen molar-refractivity contribution in [3.8, 4) is 5.69 Å². The van der Waals surface area contributed by atoms with E-state index in [1.807, 2.05) is 0 Å². The molecule has 0 aliphatic heterocycles. The lowest BCUT2D eigenvalue weighted by Crippen LogP contribution is -2.03. The van der Waals surface area contributed by atoms with E-state index in [2.05, 4.69) is 4.98 Å². The Morgan fingerprint density at radius 2 is 1.85 bits per heavy atom. The molecule has 0 aliphatic carbocycles. The smallest absolute Gasteiger partial charge is 0.206 e. The number of imidazole rings is 1. The van der Waals surface area contributed by atoms with E-state index in [0.717, 1.165) is 6.07 Å². The van der Waals surface area contributed by atoms with E-state index in [1.54, 1.807) is 18.2 Å². The molecule has 3 rings (SSSR count). The van der Waals surface area contributed by atoms with Gasteiger partial charge in [-0.3, -0.25) is 4.57 Å². The van der Waals surface area contributed by atoms with Crippen molar-refractivity contribution < 1.29 is 8.78 Å². The number of hydrogen-bond donors (Lipinski definition) is 1. The molecule has 0 amide bonds. The van der Waals surface area contributed by atoms with E-state index < -0.39 is 11.6 Å². The van der Waals surface area contributed by atoms with Gasteiger partial charge in [-0.15, -0.1) is 0 Å². The highest BCUT2D eigenvalue weighted by atomic mass is 35.5. The van der Waals surface area contributed by atoms with Gasteiger partial charge >= 0.3 is 0 Å². The van der Waals surface area contributed by atoms with Gasteiger partial charge in [0.15, 0.2) is 11.6 Å². The maximum Gasteiger partial charge on any atom is 0.206 e. The standard InChI is InChI=1S/C13H7Cl2F2N3/c14-6-2-1-3-9(10(6)15)20-12-8(19-13(20)18)5-4-7(16)11(12)17/h1-5H,(H2,18,19). The molecule has 0 aliphatic rings. The summed E-state index contributed by atoms with van der Waals surface area (Å²) in [6.45, 7) is 0. The SMILES string of the molecule is Nc1nc2ccc(F)c(F)c2n1-c1cccc(Cl)c1Cl. The third-order valence-corrected chi connectivity index (χ3v) is 3.72. The van der Waals surface area contributed by atoms with Gasteiger partial charge < -0.3 is 5.73 Å². The molecule has 3 nitrogen and oxygen atoms in total. The predicted octanol–water partition coefficient (Wildman–Crippen LogP) is 4.19. The molecule has 0 unspecified atom stereocenters. The molecule has 2 aromatic carbocycles. The summed E-state index contributed by atoms with van der Waals surface area (Å²) in [6.07, 6.45) is 0. The summed E-state index contributed by atoms with van der Waals surface area (Å²) in [5.74, 6) is -2.03. The molecule has 0 fully saturated rings. The summed E-state index contributed by atoms with van der Waals surface area (Å²) in [5, 5.41) is 0.464. The van der Waals surface area contributed by atoms with Crippen molar-refractivity contribution in [3.63, 3.8) is 0 Å². The van der Waals surface area contributed by atoms with Gasteiger partial charge in [-0.25, -0.2) is 13.8 Å². The zero-order valence-electron chi connectivity index (χ0n) is 9.87. The third-order valence-electron chi connectivity index (χ3n) is 2.91. The van der Waals surface area contributed by atoms with Crippen LogP contribution in [0.4, 0.5) is 14.7 Å². The maximum atomic E-state index is 14.0. The van der Waals surface area contributed by atoms with Gasteiger partial charge in [0.05, 0.1) is 21.2 Å². The van der Waals surface area contributed by atoms with Gasteiger partial charge in [-0.2, -0.15) is 0 Å². The Hall–Kier alpha value is -1.85. The van der Waals surface area contributed by atoms with Crippen molar-refractivity contribution in [3.05, 3.63) is 52.0 Å². The second-order valence-electron chi connectivity index (χ2n) is 4.11. The molecule has 102 valence electrons. The Kier molecular flexibility index (Phi) is 3.03. The molecule has 0 radical (unpaired) electrons. The normalized spacial score (nSPS) is 11.2. The van der Waals surface area contributed by atoms with E-state index in [1.165, 1.54) is 10.6 Å². The molecule has 1 aromatic heterocycles. The van der Waals surface area contributed by atoms with Crippen molar-refractivity contribution >= 4 is 40.2 Å². The van der Waals surface area contributed by atoms with Gasteiger partial charge in [-0.05, 0) is 24.3 Å². The molecule has 20 heavy (non-hydrogen) atoms. The van der Waals surface area contributed by atoms with Gasteiger partial charge in [0, 0.05) is 0 Å². The number of nitrogens with two attached hydrogens (primary N) is 1. The van der Waals surface area contributed by atoms with Crippen molar-refractivity contribution in [1.29, 1.82) is 0 Å². The van der Waals surface area contributed by atoms with E-state index in [0.29, 0.717) is 5.69 Å². The Morgan fingerprint density at radius 3 is 2.60 bits per heavy atom. The van der Waals surface area contributed by atoms with Gasteiger partial charge in [0.1, 0.15) is 5.52 Å². The maximum absolute atomic E-state index is 14.0. The number of nitrogens with zero attached hydrogens (tertiary/aromatic N) is 2. The minimum absolute atomic E-state index is 0.00586. The average molecular weight is 314 g/mol. The summed E-state index contributed by atoms with van der Waals surface area (Å²) < 4.78 is 28.7. The largest absolute Gasteiger partial charge is 0.369 e. The molecule has 2 N–H and O–H groups in total. The van der Waals surface area contributed by atoms with Crippen LogP contribution in [0.3, 0.4) is 0 Å². The predicted molar refractivity (Wildman–Crippen MR) is 75.4 cm³/mol. The summed E-state index contributed by atoms with van der Waals surface area (Å²) in [5.41, 5.74) is 6.28. The summed E-state index contributed by atoms with van der Waals surface area (Å²) in [6, 6.07) is 7.15. The van der Waals surface area contributed by atoms with Crippen LogP contribution in [-0.4, -0.2) is 9.55 Å². The molecule has 0 saturated heterocycles. The quantitative estimate of drug-likeness (QED) is 0.732. The Balaban J connectivity index is 2.45. The van der Waals surface area contributed by atoms with E-state index >= 15 is 0 Å². The van der Waals surface area contributed by atoms with Gasteiger partial charge in [0.2, 0.25) is 5.95 Å². The fourth-order valence-electron chi connectivity index (χ4n) is 2.03. The van der Waals surface area contributed by atoms with Crippen molar-refractivity contribution in [2.24, 2.45) is 0 Å². The monoisotopic (exact) mass is 313 g/mol. The van der Waals surface area contributed by atoms with Crippen LogP contribution in [0.1, 0.15) is 0 Å². The lowest BCUT2D eigenvalue weighted by molar-refractivity contribution is 0.514. The summed E-state index contributed by atoms with van der Waals surface area (Å²) >= 11 is 12.0. The third kappa shape index (κ3) is 1.82. The van der Waals surface area contributed by atoms with Crippen LogP contribution in [0.25, 0.3) is 16.7 Å². The molecule has 3 aromatic rings. The average Bonchev–Trinajstić information content (AvgIpc) is 2.75. The first-order valence-electron chi connectivity index (χ1n) is 5.57. The number of nitrogen functional groups attached to an aromatic ring is 1. The summed E-state index contributed by atoms with van der Waals surface area (Å²) in [7, 11) is 0. The number of anilines is 1. The Bertz CT molecular complexity index is 830. The second kappa shape index (κ2) is 4.61. The van der Waals surface area contributed by atoms with E-state index in [9.17, 15) is 8.78 Å². The molecule has 7 heteroatoms. The number of hydrogen-bond acceptors (Lipinski definition) is 2. The first-order chi connectivity index (χ1) is 9.50. The number of fused-ring (bicyclic) bond motifs is 1. The minimum atomic E-state index is -1.04. The number of benzene rings is 2. The van der Waals surface area contributed by atoms with E-state index in [4.69, 9.17) is 28.9 Å². The molecule has 0 saturated carbocycles. The highest BCUT2D eigenvalue weighted by molar-refractivity contribution is 6.43. The number of rotatable bonds is 1. The highest BCUT2D eigenvalue weighted by Gasteiger charge is 2.19. The van der Waals surface area contributed by atoms with Crippen LogP contribution in [0.15, 0.2) is 30.3 Å². The van der Waals surface area contributed by atoms with Gasteiger partial charge in [-0.1, -0.05) is 29.3 Å². The van der Waals surface area contributed by atoms with Crippen LogP contribution < -0.4 is 5.73 Å². The Labute approximate surface area is 122 Å². The fourth-order valence-corrected chi connectivity index (χ4v) is 2.41. The number of aromatic nitrogens is 2. The molecule has 0 spiro atoms. The van der Waals surface area contributed by atoms with Crippen LogP contribution in [0.5, 0.6) is 0 Å². The summed E-state index contributed by atoms with van der Waals surface area (Å²) in [4.78, 5) is 3.99. The van der Waals surface area contributed by atoms with Gasteiger partial charge in [0.25, 0.3) is 0 Å². The first kappa shape index (κ1) is 13.1. The fraction of sp³-hybridized carbons (Fsp3) is 0.